The molecule has 1 amide bonds. The van der Waals surface area contributed by atoms with Crippen LogP contribution >= 0.6 is 23.1 Å². The van der Waals surface area contributed by atoms with E-state index in [0.717, 1.165) is 16.0 Å². The van der Waals surface area contributed by atoms with Crippen LogP contribution in [-0.4, -0.2) is 63.8 Å². The van der Waals surface area contributed by atoms with E-state index in [0.29, 0.717) is 54.2 Å². The van der Waals surface area contributed by atoms with Gasteiger partial charge < -0.3 is 19.6 Å². The van der Waals surface area contributed by atoms with Crippen LogP contribution in [0.4, 0.5) is 10.6 Å². The summed E-state index contributed by atoms with van der Waals surface area (Å²) in [6.45, 7) is 7.46. The molecule has 0 saturated carbocycles. The van der Waals surface area contributed by atoms with Crippen molar-refractivity contribution in [1.82, 2.24) is 14.9 Å². The van der Waals surface area contributed by atoms with Crippen molar-refractivity contribution < 1.29 is 19.4 Å². The average Bonchev–Trinajstić information content (AvgIpc) is 3.41. The zero-order valence-electron chi connectivity index (χ0n) is 21.5. The van der Waals surface area contributed by atoms with Gasteiger partial charge in [0.1, 0.15) is 22.9 Å². The number of nitrogens with zero attached hydrogens (tertiary/aromatic N) is 5. The Kier molecular flexibility index (Phi) is 8.54. The van der Waals surface area contributed by atoms with Crippen LogP contribution < -0.4 is 4.90 Å². The number of thioether (sulfide) groups is 1. The van der Waals surface area contributed by atoms with Gasteiger partial charge in [-0.25, -0.2) is 14.8 Å². The van der Waals surface area contributed by atoms with Crippen LogP contribution in [-0.2, 0) is 21.7 Å². The van der Waals surface area contributed by atoms with Gasteiger partial charge in [0.05, 0.1) is 11.3 Å². The third-order valence-corrected chi connectivity index (χ3v) is 7.48. The first-order valence-corrected chi connectivity index (χ1v) is 14.0. The summed E-state index contributed by atoms with van der Waals surface area (Å²) in [5, 5.41) is 21.7. The summed E-state index contributed by atoms with van der Waals surface area (Å²) in [6.07, 6.45) is -0.380. The topological polar surface area (TPSA) is 120 Å². The molecule has 9 nitrogen and oxygen atoms in total. The zero-order chi connectivity index (χ0) is 27.3. The van der Waals surface area contributed by atoms with Crippen LogP contribution in [0, 0.1) is 11.3 Å². The monoisotopic (exact) mass is 551 g/mol. The molecule has 0 spiro atoms. The Morgan fingerprint density at radius 3 is 2.50 bits per heavy atom. The number of carboxylic acids is 1. The maximum absolute atomic E-state index is 12.5. The van der Waals surface area contributed by atoms with E-state index in [-0.39, 0.29) is 12.5 Å². The number of aliphatic carboxylic acids is 1. The third-order valence-electron chi connectivity index (χ3n) is 5.68. The summed E-state index contributed by atoms with van der Waals surface area (Å²) >= 11 is 2.94. The van der Waals surface area contributed by atoms with Crippen LogP contribution in [0.1, 0.15) is 37.5 Å². The van der Waals surface area contributed by atoms with Crippen molar-refractivity contribution in [2.24, 2.45) is 0 Å². The first-order chi connectivity index (χ1) is 18.1. The van der Waals surface area contributed by atoms with E-state index in [1.54, 1.807) is 11.0 Å². The number of nitriles is 1. The molecule has 1 saturated heterocycles. The van der Waals surface area contributed by atoms with Crippen molar-refractivity contribution in [1.29, 1.82) is 5.26 Å². The molecule has 38 heavy (non-hydrogen) atoms. The predicted molar refractivity (Wildman–Crippen MR) is 147 cm³/mol. The fourth-order valence-corrected chi connectivity index (χ4v) is 5.50. The normalized spacial score (nSPS) is 13.7. The maximum Gasteiger partial charge on any atom is 0.410 e. The number of ether oxygens (including phenoxy) is 1. The molecule has 4 rings (SSSR count). The van der Waals surface area contributed by atoms with Crippen molar-refractivity contribution in [2.75, 3.05) is 31.1 Å². The number of piperazine rings is 1. The zero-order valence-corrected chi connectivity index (χ0v) is 23.1. The van der Waals surface area contributed by atoms with E-state index in [9.17, 15) is 14.9 Å². The summed E-state index contributed by atoms with van der Waals surface area (Å²) < 4.78 is 5.51. The first kappa shape index (κ1) is 27.4. The highest BCUT2D eigenvalue weighted by Crippen LogP contribution is 2.34. The Bertz CT molecular complexity index is 1340. The Morgan fingerprint density at radius 1 is 1.13 bits per heavy atom. The van der Waals surface area contributed by atoms with Crippen LogP contribution in [0.2, 0.25) is 0 Å². The highest BCUT2D eigenvalue weighted by molar-refractivity contribution is 7.98. The Morgan fingerprint density at radius 2 is 1.87 bits per heavy atom. The number of hydrogen-bond acceptors (Lipinski definition) is 9. The lowest BCUT2D eigenvalue weighted by atomic mass is 10.1. The lowest BCUT2D eigenvalue weighted by molar-refractivity contribution is -0.136. The van der Waals surface area contributed by atoms with Crippen molar-refractivity contribution in [3.05, 3.63) is 58.5 Å². The Balaban J connectivity index is 1.58. The molecule has 1 aliphatic heterocycles. The van der Waals surface area contributed by atoms with Gasteiger partial charge >= 0.3 is 12.1 Å². The van der Waals surface area contributed by atoms with Crippen molar-refractivity contribution in [2.45, 2.75) is 43.7 Å². The maximum atomic E-state index is 12.5. The largest absolute Gasteiger partial charge is 0.481 e. The Labute approximate surface area is 230 Å². The van der Waals surface area contributed by atoms with Gasteiger partial charge in [0.15, 0.2) is 11.0 Å². The summed E-state index contributed by atoms with van der Waals surface area (Å²) in [5.41, 5.74) is 2.13. The molecule has 1 aliphatic rings. The molecular formula is C27H29N5O4S2. The molecule has 1 N–H and O–H groups in total. The number of rotatable bonds is 7. The van der Waals surface area contributed by atoms with E-state index >= 15 is 0 Å². The molecule has 0 radical (unpaired) electrons. The highest BCUT2D eigenvalue weighted by Gasteiger charge is 2.29. The SMILES string of the molecule is CC(C)(C)OC(=O)N1CCN(c2nc(SCc3cccc(CC(=O)O)c3)nc(-c3cccs3)c2C#N)CC1. The summed E-state index contributed by atoms with van der Waals surface area (Å²) in [4.78, 5) is 37.7. The van der Waals surface area contributed by atoms with Gasteiger partial charge in [0.2, 0.25) is 0 Å². The van der Waals surface area contributed by atoms with Crippen molar-refractivity contribution in [3.8, 4) is 16.6 Å². The molecule has 11 heteroatoms. The number of amides is 1. The summed E-state index contributed by atoms with van der Waals surface area (Å²) in [6, 6.07) is 13.6. The first-order valence-electron chi connectivity index (χ1n) is 12.1. The fraction of sp³-hybridized carbons (Fsp3) is 0.370. The van der Waals surface area contributed by atoms with Crippen LogP contribution in [0.15, 0.2) is 46.9 Å². The second-order valence-electron chi connectivity index (χ2n) is 9.78. The smallest absolute Gasteiger partial charge is 0.410 e. The highest BCUT2D eigenvalue weighted by atomic mass is 32.2. The minimum atomic E-state index is -0.873. The number of thiophene rings is 1. The number of carboxylic acid groups (broad SMARTS) is 1. The molecule has 0 bridgehead atoms. The summed E-state index contributed by atoms with van der Waals surface area (Å²) in [5.74, 6) is 0.230. The predicted octanol–water partition coefficient (Wildman–Crippen LogP) is 5.05. The molecule has 0 aliphatic carbocycles. The molecule has 0 unspecified atom stereocenters. The molecule has 1 aromatic carbocycles. The van der Waals surface area contributed by atoms with E-state index < -0.39 is 11.6 Å². The van der Waals surface area contributed by atoms with Crippen molar-refractivity contribution in [3.63, 3.8) is 0 Å². The number of hydrogen-bond donors (Lipinski definition) is 1. The second kappa shape index (κ2) is 11.8. The van der Waals surface area contributed by atoms with Gasteiger partial charge in [-0.3, -0.25) is 4.79 Å². The number of benzene rings is 1. The number of carbonyl (C=O) groups excluding carboxylic acids is 1. The molecule has 3 aromatic rings. The van der Waals surface area contributed by atoms with Gasteiger partial charge in [-0.2, -0.15) is 5.26 Å². The van der Waals surface area contributed by atoms with Gasteiger partial charge in [-0.05, 0) is 43.3 Å². The van der Waals surface area contributed by atoms with Crippen LogP contribution in [0.25, 0.3) is 10.6 Å². The van der Waals surface area contributed by atoms with Gasteiger partial charge in [-0.15, -0.1) is 11.3 Å². The molecule has 1 fully saturated rings. The van der Waals surface area contributed by atoms with E-state index in [4.69, 9.17) is 19.8 Å². The minimum absolute atomic E-state index is 0.0339. The van der Waals surface area contributed by atoms with Crippen molar-refractivity contribution >= 4 is 41.0 Å². The Hall–Kier alpha value is -3.62. The van der Waals surface area contributed by atoms with E-state index in [1.807, 2.05) is 61.4 Å². The van der Waals surface area contributed by atoms with E-state index in [2.05, 4.69) is 6.07 Å². The molecule has 198 valence electrons. The summed E-state index contributed by atoms with van der Waals surface area (Å²) in [7, 11) is 0. The van der Waals surface area contributed by atoms with Gasteiger partial charge in [0, 0.05) is 31.9 Å². The van der Waals surface area contributed by atoms with E-state index in [1.165, 1.54) is 23.1 Å². The lowest BCUT2D eigenvalue weighted by Gasteiger charge is -2.36. The fourth-order valence-electron chi connectivity index (χ4n) is 4.00. The second-order valence-corrected chi connectivity index (χ2v) is 11.7. The molecule has 3 heterocycles. The third kappa shape index (κ3) is 7.02. The van der Waals surface area contributed by atoms with Crippen LogP contribution in [0.5, 0.6) is 0 Å². The quantitative estimate of drug-likeness (QED) is 0.318. The molecular weight excluding hydrogens is 522 g/mol. The van der Waals surface area contributed by atoms with Gasteiger partial charge in [-0.1, -0.05) is 42.1 Å². The number of anilines is 1. The minimum Gasteiger partial charge on any atom is -0.481 e. The number of carbonyl (C=O) groups is 2. The van der Waals surface area contributed by atoms with Crippen LogP contribution in [0.3, 0.4) is 0 Å². The lowest BCUT2D eigenvalue weighted by Crippen LogP contribution is -2.50. The molecule has 0 atom stereocenters. The standard InChI is InChI=1S/C27H29N5O4S2/c1-27(2,3)36-26(35)32-11-9-31(10-12-32)24-20(16-28)23(21-8-5-13-37-21)29-25(30-24)38-17-19-7-4-6-18(14-19)15-22(33)34/h4-8,13-14H,9-12,15,17H2,1-3H3,(H,33,34). The number of aromatic nitrogens is 2. The van der Waals surface area contributed by atoms with Gasteiger partial charge in [0.25, 0.3) is 0 Å². The molecule has 2 aromatic heterocycles. The average molecular weight is 552 g/mol.